The van der Waals surface area contributed by atoms with Crippen molar-refractivity contribution in [3.05, 3.63) is 0 Å². The Bertz CT molecular complexity index is 355. The maximum atomic E-state index is 12.6. The molecule has 2 atom stereocenters. The molecule has 0 aromatic carbocycles. The van der Waals surface area contributed by atoms with Gasteiger partial charge in [0.1, 0.15) is 11.6 Å². The van der Waals surface area contributed by atoms with E-state index in [1.54, 1.807) is 18.7 Å². The largest absolute Gasteiger partial charge is 0.382 e. The van der Waals surface area contributed by atoms with Gasteiger partial charge in [-0.25, -0.2) is 0 Å². The number of nitrogens with zero attached hydrogens (tertiary/aromatic N) is 1. The number of hydrogen-bond acceptors (Lipinski definition) is 3. The van der Waals surface area contributed by atoms with Crippen molar-refractivity contribution in [1.82, 2.24) is 10.2 Å². The summed E-state index contributed by atoms with van der Waals surface area (Å²) in [4.78, 5) is 26.6. The first-order valence-electron chi connectivity index (χ1n) is 7.56. The third-order valence-electron chi connectivity index (χ3n) is 4.14. The summed E-state index contributed by atoms with van der Waals surface area (Å²) in [5, 5.41) is 2.88. The first-order chi connectivity index (χ1) is 9.36. The second kappa shape index (κ2) is 7.07. The molecular formula is C15H28N2O3. The van der Waals surface area contributed by atoms with Gasteiger partial charge in [0, 0.05) is 19.8 Å². The zero-order valence-corrected chi connectivity index (χ0v) is 13.4. The van der Waals surface area contributed by atoms with Crippen molar-refractivity contribution >= 4 is 11.8 Å². The molecule has 2 unspecified atom stereocenters. The van der Waals surface area contributed by atoms with Crippen LogP contribution in [0.2, 0.25) is 0 Å². The van der Waals surface area contributed by atoms with E-state index in [4.69, 9.17) is 4.74 Å². The molecule has 0 aromatic rings. The van der Waals surface area contributed by atoms with Gasteiger partial charge >= 0.3 is 0 Å². The Kier molecular flexibility index (Phi) is 5.99. The van der Waals surface area contributed by atoms with E-state index in [1.807, 2.05) is 20.8 Å². The fourth-order valence-corrected chi connectivity index (χ4v) is 2.43. The third-order valence-corrected chi connectivity index (χ3v) is 4.14. The van der Waals surface area contributed by atoms with Gasteiger partial charge in [0.2, 0.25) is 11.8 Å². The second-order valence-electron chi connectivity index (χ2n) is 5.94. The van der Waals surface area contributed by atoms with Gasteiger partial charge in [-0.05, 0) is 33.1 Å². The number of nitrogens with one attached hydrogen (secondary N) is 1. The molecule has 116 valence electrons. The van der Waals surface area contributed by atoms with Crippen molar-refractivity contribution in [2.75, 3.05) is 19.8 Å². The molecule has 0 aliphatic carbocycles. The van der Waals surface area contributed by atoms with Crippen LogP contribution < -0.4 is 5.32 Å². The van der Waals surface area contributed by atoms with Gasteiger partial charge < -0.3 is 15.0 Å². The highest BCUT2D eigenvalue weighted by Crippen LogP contribution is 2.25. The fraction of sp³-hybridized carbons (Fsp3) is 0.867. The monoisotopic (exact) mass is 284 g/mol. The number of rotatable bonds is 7. The van der Waals surface area contributed by atoms with Crippen molar-refractivity contribution in [1.29, 1.82) is 0 Å². The Morgan fingerprint density at radius 3 is 2.55 bits per heavy atom. The molecule has 1 aliphatic heterocycles. The van der Waals surface area contributed by atoms with Crippen LogP contribution in [-0.4, -0.2) is 48.1 Å². The Morgan fingerprint density at radius 2 is 2.00 bits per heavy atom. The molecule has 1 fully saturated rings. The Morgan fingerprint density at radius 1 is 1.35 bits per heavy atom. The van der Waals surface area contributed by atoms with Crippen LogP contribution in [0.25, 0.3) is 0 Å². The van der Waals surface area contributed by atoms with E-state index >= 15 is 0 Å². The van der Waals surface area contributed by atoms with E-state index in [1.165, 1.54) is 0 Å². The summed E-state index contributed by atoms with van der Waals surface area (Å²) >= 11 is 0. The normalized spacial score (nSPS) is 23.6. The molecular weight excluding hydrogens is 256 g/mol. The molecule has 0 spiro atoms. The van der Waals surface area contributed by atoms with Crippen molar-refractivity contribution in [2.24, 2.45) is 5.92 Å². The smallest absolute Gasteiger partial charge is 0.246 e. The molecule has 5 nitrogen and oxygen atoms in total. The average molecular weight is 284 g/mol. The molecule has 0 aromatic heterocycles. The molecule has 2 amide bonds. The first kappa shape index (κ1) is 17.0. The van der Waals surface area contributed by atoms with Crippen LogP contribution in [0.4, 0.5) is 0 Å². The van der Waals surface area contributed by atoms with Crippen LogP contribution >= 0.6 is 0 Å². The van der Waals surface area contributed by atoms with E-state index in [0.717, 1.165) is 12.8 Å². The van der Waals surface area contributed by atoms with Gasteiger partial charge in [0.15, 0.2) is 0 Å². The molecule has 1 saturated heterocycles. The number of ether oxygens (including phenoxy) is 1. The average Bonchev–Trinajstić information content (AvgIpc) is 2.41. The van der Waals surface area contributed by atoms with Crippen molar-refractivity contribution in [3.8, 4) is 0 Å². The van der Waals surface area contributed by atoms with Crippen LogP contribution in [0.1, 0.15) is 47.5 Å². The number of amides is 2. The standard InChI is InChI=1S/C15H28N2O3/c1-6-11(3)12-13(18)17(9-8-10-20-7-2)15(4,5)14(19)16-12/h11-12H,6-10H2,1-5H3,(H,16,19). The Labute approximate surface area is 122 Å². The maximum absolute atomic E-state index is 12.6. The lowest BCUT2D eigenvalue weighted by atomic mass is 9.89. The third kappa shape index (κ3) is 3.51. The van der Waals surface area contributed by atoms with Gasteiger partial charge in [0.05, 0.1) is 0 Å². The van der Waals surface area contributed by atoms with Gasteiger partial charge in [-0.1, -0.05) is 20.3 Å². The lowest BCUT2D eigenvalue weighted by molar-refractivity contribution is -0.157. The highest BCUT2D eigenvalue weighted by molar-refractivity contribution is 5.99. The van der Waals surface area contributed by atoms with E-state index in [2.05, 4.69) is 5.32 Å². The molecule has 1 aliphatic rings. The molecule has 5 heteroatoms. The number of piperazine rings is 1. The minimum Gasteiger partial charge on any atom is -0.382 e. The molecule has 0 radical (unpaired) electrons. The number of carbonyl (C=O) groups excluding carboxylic acids is 2. The molecule has 20 heavy (non-hydrogen) atoms. The predicted molar refractivity (Wildman–Crippen MR) is 78.3 cm³/mol. The minimum absolute atomic E-state index is 0.0282. The quantitative estimate of drug-likeness (QED) is 0.722. The highest BCUT2D eigenvalue weighted by atomic mass is 16.5. The van der Waals surface area contributed by atoms with Crippen LogP contribution in [0.15, 0.2) is 0 Å². The lowest BCUT2D eigenvalue weighted by Gasteiger charge is -2.45. The molecule has 0 saturated carbocycles. The Hall–Kier alpha value is -1.10. The van der Waals surface area contributed by atoms with Gasteiger partial charge in [-0.15, -0.1) is 0 Å². The second-order valence-corrected chi connectivity index (χ2v) is 5.94. The lowest BCUT2D eigenvalue weighted by Crippen LogP contribution is -2.69. The minimum atomic E-state index is -0.784. The first-order valence-corrected chi connectivity index (χ1v) is 7.56. The topological polar surface area (TPSA) is 58.6 Å². The predicted octanol–water partition coefficient (Wildman–Crippen LogP) is 1.56. The highest BCUT2D eigenvalue weighted by Gasteiger charge is 2.46. The molecule has 0 bridgehead atoms. The van der Waals surface area contributed by atoms with E-state index < -0.39 is 11.6 Å². The van der Waals surface area contributed by atoms with Crippen molar-refractivity contribution in [3.63, 3.8) is 0 Å². The van der Waals surface area contributed by atoms with E-state index in [-0.39, 0.29) is 17.7 Å². The van der Waals surface area contributed by atoms with Gasteiger partial charge in [-0.3, -0.25) is 9.59 Å². The SMILES string of the molecule is CCOCCCN1C(=O)C(C(C)CC)NC(=O)C1(C)C. The number of carbonyl (C=O) groups is 2. The van der Waals surface area contributed by atoms with E-state index in [9.17, 15) is 9.59 Å². The summed E-state index contributed by atoms with van der Waals surface area (Å²) in [6, 6.07) is -0.396. The van der Waals surface area contributed by atoms with Gasteiger partial charge in [0.25, 0.3) is 0 Å². The van der Waals surface area contributed by atoms with Crippen LogP contribution in [0.3, 0.4) is 0 Å². The zero-order chi connectivity index (χ0) is 15.3. The van der Waals surface area contributed by atoms with Crippen molar-refractivity contribution < 1.29 is 14.3 Å². The molecule has 1 N–H and O–H groups in total. The van der Waals surface area contributed by atoms with Gasteiger partial charge in [-0.2, -0.15) is 0 Å². The summed E-state index contributed by atoms with van der Waals surface area (Å²) in [5.41, 5.74) is -0.784. The van der Waals surface area contributed by atoms with Crippen LogP contribution in [-0.2, 0) is 14.3 Å². The summed E-state index contributed by atoms with van der Waals surface area (Å²) in [6.07, 6.45) is 1.62. The van der Waals surface area contributed by atoms with Crippen LogP contribution in [0.5, 0.6) is 0 Å². The van der Waals surface area contributed by atoms with Crippen LogP contribution in [0, 0.1) is 5.92 Å². The molecule has 1 rings (SSSR count). The molecule has 1 heterocycles. The summed E-state index contributed by atoms with van der Waals surface area (Å²) in [7, 11) is 0. The fourth-order valence-electron chi connectivity index (χ4n) is 2.43. The summed E-state index contributed by atoms with van der Waals surface area (Å²) in [5.74, 6) is 0.108. The summed E-state index contributed by atoms with van der Waals surface area (Å²) < 4.78 is 5.31. The number of hydrogen-bond donors (Lipinski definition) is 1. The Balaban J connectivity index is 2.79. The summed E-state index contributed by atoms with van der Waals surface area (Å²) in [6.45, 7) is 11.4. The van der Waals surface area contributed by atoms with Crippen molar-refractivity contribution in [2.45, 2.75) is 59.0 Å². The maximum Gasteiger partial charge on any atom is 0.246 e. The van der Waals surface area contributed by atoms with E-state index in [0.29, 0.717) is 19.8 Å². The zero-order valence-electron chi connectivity index (χ0n) is 13.4.